The van der Waals surface area contributed by atoms with Gasteiger partial charge < -0.3 is 4.90 Å². The molecule has 0 unspecified atom stereocenters. The molecule has 0 bridgehead atoms. The fourth-order valence-corrected chi connectivity index (χ4v) is 2.81. The van der Waals surface area contributed by atoms with E-state index < -0.39 is 0 Å². The van der Waals surface area contributed by atoms with Gasteiger partial charge in [-0.1, -0.05) is 18.2 Å². The SMILES string of the molecule is c1ccc2c(-c3cn[nH]n3)cc(N3CCCC3)nc2c1. The van der Waals surface area contributed by atoms with Gasteiger partial charge in [0, 0.05) is 24.0 Å². The maximum atomic E-state index is 4.80. The highest BCUT2D eigenvalue weighted by molar-refractivity contribution is 5.95. The van der Waals surface area contributed by atoms with Gasteiger partial charge in [0.25, 0.3) is 0 Å². The Morgan fingerprint density at radius 3 is 2.75 bits per heavy atom. The number of H-pyrrole nitrogens is 1. The number of aromatic amines is 1. The third kappa shape index (κ3) is 1.82. The van der Waals surface area contributed by atoms with Crippen molar-refractivity contribution in [3.05, 3.63) is 36.5 Å². The van der Waals surface area contributed by atoms with Crippen molar-refractivity contribution >= 4 is 16.7 Å². The van der Waals surface area contributed by atoms with Crippen LogP contribution < -0.4 is 4.90 Å². The van der Waals surface area contributed by atoms with Gasteiger partial charge in [-0.3, -0.25) is 0 Å². The molecular formula is C15H15N5. The Kier molecular flexibility index (Phi) is 2.62. The van der Waals surface area contributed by atoms with Gasteiger partial charge in [-0.15, -0.1) is 0 Å². The molecule has 1 fully saturated rings. The molecule has 1 saturated heterocycles. The molecule has 3 aromatic rings. The lowest BCUT2D eigenvalue weighted by atomic mass is 10.1. The van der Waals surface area contributed by atoms with Gasteiger partial charge >= 0.3 is 0 Å². The standard InChI is InChI=1S/C15H15N5/c1-2-6-13-11(5-1)12(14-10-16-19-18-14)9-15(17-13)20-7-3-4-8-20/h1-2,5-6,9-10H,3-4,7-8H2,(H,16,18,19). The molecule has 20 heavy (non-hydrogen) atoms. The largest absolute Gasteiger partial charge is 0.357 e. The monoisotopic (exact) mass is 265 g/mol. The molecule has 1 aliphatic rings. The zero-order chi connectivity index (χ0) is 13.4. The number of hydrogen-bond acceptors (Lipinski definition) is 4. The van der Waals surface area contributed by atoms with Crippen molar-refractivity contribution in [3.63, 3.8) is 0 Å². The second kappa shape index (κ2) is 4.59. The predicted octanol–water partition coefficient (Wildman–Crippen LogP) is 2.62. The average Bonchev–Trinajstić information content (AvgIpc) is 3.19. The predicted molar refractivity (Wildman–Crippen MR) is 78.6 cm³/mol. The summed E-state index contributed by atoms with van der Waals surface area (Å²) >= 11 is 0. The molecule has 0 atom stereocenters. The molecular weight excluding hydrogens is 250 g/mol. The number of aromatic nitrogens is 4. The minimum absolute atomic E-state index is 0.865. The number of nitrogens with zero attached hydrogens (tertiary/aromatic N) is 4. The minimum atomic E-state index is 0.865. The third-order valence-electron chi connectivity index (χ3n) is 3.82. The number of nitrogens with one attached hydrogen (secondary N) is 1. The highest BCUT2D eigenvalue weighted by Gasteiger charge is 2.17. The zero-order valence-corrected chi connectivity index (χ0v) is 11.1. The van der Waals surface area contributed by atoms with E-state index in [-0.39, 0.29) is 0 Å². The van der Waals surface area contributed by atoms with E-state index in [1.54, 1.807) is 6.20 Å². The summed E-state index contributed by atoms with van der Waals surface area (Å²) < 4.78 is 0. The normalized spacial score (nSPS) is 15.1. The first kappa shape index (κ1) is 11.4. The van der Waals surface area contributed by atoms with E-state index in [1.807, 2.05) is 12.1 Å². The molecule has 5 nitrogen and oxygen atoms in total. The van der Waals surface area contributed by atoms with Crippen molar-refractivity contribution in [2.45, 2.75) is 12.8 Å². The molecule has 0 amide bonds. The van der Waals surface area contributed by atoms with E-state index in [0.29, 0.717) is 0 Å². The molecule has 0 spiro atoms. The van der Waals surface area contributed by atoms with Gasteiger partial charge in [0.2, 0.25) is 0 Å². The van der Waals surface area contributed by atoms with Gasteiger partial charge in [-0.05, 0) is 25.0 Å². The fraction of sp³-hybridized carbons (Fsp3) is 0.267. The quantitative estimate of drug-likeness (QED) is 0.774. The maximum Gasteiger partial charge on any atom is 0.129 e. The second-order valence-corrected chi connectivity index (χ2v) is 5.09. The Morgan fingerprint density at radius 1 is 1.10 bits per heavy atom. The van der Waals surface area contributed by atoms with E-state index in [1.165, 1.54) is 12.8 Å². The summed E-state index contributed by atoms with van der Waals surface area (Å²) in [5.74, 6) is 1.04. The van der Waals surface area contributed by atoms with Crippen LogP contribution in [0.3, 0.4) is 0 Å². The molecule has 1 aliphatic heterocycles. The molecule has 100 valence electrons. The van der Waals surface area contributed by atoms with Crippen LogP contribution in [0.15, 0.2) is 36.5 Å². The van der Waals surface area contributed by atoms with E-state index >= 15 is 0 Å². The van der Waals surface area contributed by atoms with Gasteiger partial charge in [0.1, 0.15) is 11.5 Å². The van der Waals surface area contributed by atoms with Gasteiger partial charge in [0.05, 0.1) is 11.7 Å². The highest BCUT2D eigenvalue weighted by Crippen LogP contribution is 2.30. The number of pyridine rings is 1. The van der Waals surface area contributed by atoms with E-state index in [9.17, 15) is 0 Å². The Labute approximate surface area is 116 Å². The van der Waals surface area contributed by atoms with E-state index in [0.717, 1.165) is 41.1 Å². The van der Waals surface area contributed by atoms with Crippen LogP contribution in [0.2, 0.25) is 0 Å². The summed E-state index contributed by atoms with van der Waals surface area (Å²) in [4.78, 5) is 7.14. The third-order valence-corrected chi connectivity index (χ3v) is 3.82. The zero-order valence-electron chi connectivity index (χ0n) is 11.1. The molecule has 4 rings (SSSR count). The number of fused-ring (bicyclic) bond motifs is 1. The summed E-state index contributed by atoms with van der Waals surface area (Å²) in [6, 6.07) is 10.3. The van der Waals surface area contributed by atoms with Gasteiger partial charge in [0.15, 0.2) is 0 Å². The van der Waals surface area contributed by atoms with Crippen molar-refractivity contribution < 1.29 is 0 Å². The van der Waals surface area contributed by atoms with Crippen molar-refractivity contribution in [2.24, 2.45) is 0 Å². The topological polar surface area (TPSA) is 57.7 Å². The first-order valence-electron chi connectivity index (χ1n) is 6.93. The average molecular weight is 265 g/mol. The Hall–Kier alpha value is -2.43. The van der Waals surface area contributed by atoms with Crippen molar-refractivity contribution in [1.29, 1.82) is 0 Å². The van der Waals surface area contributed by atoms with Crippen LogP contribution >= 0.6 is 0 Å². The van der Waals surface area contributed by atoms with Crippen molar-refractivity contribution in [2.75, 3.05) is 18.0 Å². The summed E-state index contributed by atoms with van der Waals surface area (Å²) in [6.07, 6.45) is 4.25. The highest BCUT2D eigenvalue weighted by atomic mass is 15.3. The summed E-state index contributed by atoms with van der Waals surface area (Å²) in [5.41, 5.74) is 2.96. The molecule has 0 saturated carbocycles. The van der Waals surface area contributed by atoms with Gasteiger partial charge in [-0.25, -0.2) is 4.98 Å². The van der Waals surface area contributed by atoms with E-state index in [4.69, 9.17) is 4.98 Å². The Morgan fingerprint density at radius 2 is 1.95 bits per heavy atom. The van der Waals surface area contributed by atoms with Crippen LogP contribution in [-0.4, -0.2) is 33.5 Å². The molecule has 1 aromatic carbocycles. The smallest absolute Gasteiger partial charge is 0.129 e. The minimum Gasteiger partial charge on any atom is -0.357 e. The fourth-order valence-electron chi connectivity index (χ4n) is 2.81. The lowest BCUT2D eigenvalue weighted by Gasteiger charge is -2.18. The molecule has 3 heterocycles. The van der Waals surface area contributed by atoms with Crippen LogP contribution in [0.4, 0.5) is 5.82 Å². The lowest BCUT2D eigenvalue weighted by Crippen LogP contribution is -2.19. The van der Waals surface area contributed by atoms with Crippen LogP contribution in [0.1, 0.15) is 12.8 Å². The second-order valence-electron chi connectivity index (χ2n) is 5.09. The van der Waals surface area contributed by atoms with Crippen LogP contribution in [0.25, 0.3) is 22.2 Å². The van der Waals surface area contributed by atoms with Crippen molar-refractivity contribution in [1.82, 2.24) is 20.4 Å². The molecule has 0 aliphatic carbocycles. The van der Waals surface area contributed by atoms with Gasteiger partial charge in [-0.2, -0.15) is 15.4 Å². The molecule has 0 radical (unpaired) electrons. The number of anilines is 1. The number of benzene rings is 1. The molecule has 1 N–H and O–H groups in total. The van der Waals surface area contributed by atoms with Crippen LogP contribution in [0, 0.1) is 0 Å². The number of rotatable bonds is 2. The molecule has 5 heteroatoms. The van der Waals surface area contributed by atoms with Crippen LogP contribution in [-0.2, 0) is 0 Å². The Balaban J connectivity index is 1.94. The molecule has 2 aromatic heterocycles. The summed E-state index contributed by atoms with van der Waals surface area (Å²) in [6.45, 7) is 2.17. The first-order chi connectivity index (χ1) is 9.92. The maximum absolute atomic E-state index is 4.80. The van der Waals surface area contributed by atoms with E-state index in [2.05, 4.69) is 38.5 Å². The lowest BCUT2D eigenvalue weighted by molar-refractivity contribution is 0.938. The Bertz CT molecular complexity index is 729. The van der Waals surface area contributed by atoms with Crippen LogP contribution in [0.5, 0.6) is 0 Å². The van der Waals surface area contributed by atoms with Crippen molar-refractivity contribution in [3.8, 4) is 11.3 Å². The summed E-state index contributed by atoms with van der Waals surface area (Å²) in [5, 5.41) is 11.9. The summed E-state index contributed by atoms with van der Waals surface area (Å²) in [7, 11) is 0. The first-order valence-corrected chi connectivity index (χ1v) is 6.93. The number of hydrogen-bond donors (Lipinski definition) is 1. The number of para-hydroxylation sites is 1.